The quantitative estimate of drug-likeness (QED) is 0.675. The van der Waals surface area contributed by atoms with Gasteiger partial charge in [-0.15, -0.1) is 0 Å². The molecule has 1 unspecified atom stereocenters. The number of nitrogens with zero attached hydrogens (tertiary/aromatic N) is 1. The first-order valence-corrected chi connectivity index (χ1v) is 8.82. The fourth-order valence-electron chi connectivity index (χ4n) is 2.31. The summed E-state index contributed by atoms with van der Waals surface area (Å²) in [6.45, 7) is 10.8. The Kier molecular flexibility index (Phi) is 8.62. The summed E-state index contributed by atoms with van der Waals surface area (Å²) >= 11 is 0. The first-order chi connectivity index (χ1) is 11.7. The van der Waals surface area contributed by atoms with E-state index in [1.54, 1.807) is 0 Å². The van der Waals surface area contributed by atoms with Gasteiger partial charge in [-0.2, -0.15) is 0 Å². The van der Waals surface area contributed by atoms with Gasteiger partial charge in [0.1, 0.15) is 5.60 Å². The van der Waals surface area contributed by atoms with E-state index in [-0.39, 0.29) is 18.2 Å². The molecule has 0 fully saturated rings. The van der Waals surface area contributed by atoms with Crippen LogP contribution in [-0.2, 0) is 20.9 Å². The van der Waals surface area contributed by atoms with E-state index in [1.165, 1.54) is 4.90 Å². The topological polar surface area (TPSA) is 55.8 Å². The van der Waals surface area contributed by atoms with Gasteiger partial charge >= 0.3 is 6.09 Å². The minimum absolute atomic E-state index is 0.0171. The van der Waals surface area contributed by atoms with Crippen LogP contribution in [0.4, 0.5) is 4.79 Å². The second kappa shape index (κ2) is 10.2. The summed E-state index contributed by atoms with van der Waals surface area (Å²) < 4.78 is 11.0. The first kappa shape index (κ1) is 21.2. The molecule has 1 rings (SSSR count). The van der Waals surface area contributed by atoms with Crippen molar-refractivity contribution in [2.45, 2.75) is 53.2 Å². The maximum atomic E-state index is 12.2. The molecule has 0 N–H and O–H groups in total. The Balaban J connectivity index is 2.34. The van der Waals surface area contributed by atoms with Crippen molar-refractivity contribution >= 4 is 11.9 Å². The van der Waals surface area contributed by atoms with E-state index in [4.69, 9.17) is 9.47 Å². The van der Waals surface area contributed by atoms with Crippen LogP contribution in [0.3, 0.4) is 0 Å². The third-order valence-electron chi connectivity index (χ3n) is 3.49. The van der Waals surface area contributed by atoms with E-state index < -0.39 is 11.7 Å². The lowest BCUT2D eigenvalue weighted by molar-refractivity contribution is -0.121. The van der Waals surface area contributed by atoms with Crippen molar-refractivity contribution in [3.63, 3.8) is 0 Å². The molecule has 5 nitrogen and oxygen atoms in total. The summed E-state index contributed by atoms with van der Waals surface area (Å²) in [5.74, 6) is 0.122. The lowest BCUT2D eigenvalue weighted by Gasteiger charge is -2.26. The largest absolute Gasteiger partial charge is 0.444 e. The molecule has 0 aromatic heterocycles. The summed E-state index contributed by atoms with van der Waals surface area (Å²) in [5.41, 5.74) is 0.551. The molecule has 0 aliphatic carbocycles. The van der Waals surface area contributed by atoms with Crippen molar-refractivity contribution in [1.29, 1.82) is 0 Å². The first-order valence-electron chi connectivity index (χ1n) is 8.82. The van der Waals surface area contributed by atoms with Crippen molar-refractivity contribution < 1.29 is 19.1 Å². The molecule has 1 amide bonds. The minimum Gasteiger partial charge on any atom is -0.444 e. The molecule has 1 aromatic rings. The number of carbonyl (C=O) groups excluding carboxylic acids is 2. The number of Topliss-reactive ketones (excluding diaryl/α,β-unsaturated/α-hetero) is 1. The van der Waals surface area contributed by atoms with Crippen molar-refractivity contribution in [3.8, 4) is 0 Å². The number of likely N-dealkylation sites (N-methyl/N-ethyl adjacent to an activating group) is 1. The molecule has 0 saturated heterocycles. The highest BCUT2D eigenvalue weighted by Crippen LogP contribution is 2.11. The molecule has 25 heavy (non-hydrogen) atoms. The molecule has 0 aliphatic rings. The summed E-state index contributed by atoms with van der Waals surface area (Å²) in [6.07, 6.45) is -0.0648. The summed E-state index contributed by atoms with van der Waals surface area (Å²) in [5, 5.41) is 0. The number of hydrogen-bond donors (Lipinski definition) is 0. The zero-order valence-corrected chi connectivity index (χ0v) is 16.1. The number of ether oxygens (including phenoxy) is 2. The van der Waals surface area contributed by atoms with Crippen LogP contribution >= 0.6 is 0 Å². The van der Waals surface area contributed by atoms with Gasteiger partial charge < -0.3 is 14.4 Å². The Morgan fingerprint density at radius 3 is 2.36 bits per heavy atom. The highest BCUT2D eigenvalue weighted by molar-refractivity contribution is 5.84. The molecule has 5 heteroatoms. The molecule has 0 spiro atoms. The van der Waals surface area contributed by atoms with Gasteiger partial charge in [0.05, 0.1) is 13.2 Å². The number of rotatable bonds is 9. The number of carbonyl (C=O) groups is 2. The van der Waals surface area contributed by atoms with Gasteiger partial charge in [0.25, 0.3) is 0 Å². The monoisotopic (exact) mass is 349 g/mol. The summed E-state index contributed by atoms with van der Waals surface area (Å²) in [7, 11) is 0. The smallest absolute Gasteiger partial charge is 0.410 e. The SMILES string of the molecule is CCN(CC(=O)CC(C)COCc1ccccc1)C(=O)OC(C)(C)C. The number of benzene rings is 1. The van der Waals surface area contributed by atoms with Crippen LogP contribution in [0.5, 0.6) is 0 Å². The molecule has 1 aromatic carbocycles. The molecular formula is C20H31NO4. The number of amides is 1. The normalized spacial score (nSPS) is 12.5. The van der Waals surface area contributed by atoms with Crippen molar-refractivity contribution in [2.24, 2.45) is 5.92 Å². The van der Waals surface area contributed by atoms with Gasteiger partial charge in [-0.3, -0.25) is 4.79 Å². The maximum absolute atomic E-state index is 12.2. The highest BCUT2D eigenvalue weighted by Gasteiger charge is 2.23. The number of hydrogen-bond acceptors (Lipinski definition) is 4. The molecule has 0 radical (unpaired) electrons. The lowest BCUT2D eigenvalue weighted by Crippen LogP contribution is -2.40. The Hall–Kier alpha value is -1.88. The second-order valence-corrected chi connectivity index (χ2v) is 7.34. The van der Waals surface area contributed by atoms with Crippen molar-refractivity contribution in [3.05, 3.63) is 35.9 Å². The van der Waals surface area contributed by atoms with Gasteiger partial charge in [0, 0.05) is 19.6 Å². The predicted molar refractivity (Wildman–Crippen MR) is 98.4 cm³/mol. The Labute approximate surface area is 151 Å². The van der Waals surface area contributed by atoms with E-state index in [2.05, 4.69) is 0 Å². The Morgan fingerprint density at radius 2 is 1.80 bits per heavy atom. The molecule has 140 valence electrons. The number of ketones is 1. The van der Waals surface area contributed by atoms with E-state index in [9.17, 15) is 9.59 Å². The summed E-state index contributed by atoms with van der Waals surface area (Å²) in [4.78, 5) is 25.7. The summed E-state index contributed by atoms with van der Waals surface area (Å²) in [6, 6.07) is 9.93. The van der Waals surface area contributed by atoms with Gasteiger partial charge in [0.15, 0.2) is 5.78 Å². The standard InChI is InChI=1S/C20H31NO4/c1-6-21(19(23)25-20(3,4)5)13-18(22)12-16(2)14-24-15-17-10-8-7-9-11-17/h7-11,16H,6,12-15H2,1-5H3. The van der Waals surface area contributed by atoms with Crippen LogP contribution in [0.15, 0.2) is 30.3 Å². The van der Waals surface area contributed by atoms with Crippen LogP contribution < -0.4 is 0 Å². The Bertz CT molecular complexity index is 536. The van der Waals surface area contributed by atoms with Crippen LogP contribution in [0.1, 0.15) is 46.6 Å². The molecule has 0 saturated carbocycles. The van der Waals surface area contributed by atoms with E-state index >= 15 is 0 Å². The maximum Gasteiger partial charge on any atom is 0.410 e. The average molecular weight is 349 g/mol. The second-order valence-electron chi connectivity index (χ2n) is 7.34. The van der Waals surface area contributed by atoms with Gasteiger partial charge in [-0.25, -0.2) is 4.79 Å². The molecule has 1 atom stereocenters. The van der Waals surface area contributed by atoms with Crippen LogP contribution in [0.2, 0.25) is 0 Å². The Morgan fingerprint density at radius 1 is 1.16 bits per heavy atom. The van der Waals surface area contributed by atoms with Crippen molar-refractivity contribution in [1.82, 2.24) is 4.90 Å². The molecular weight excluding hydrogens is 318 g/mol. The zero-order valence-electron chi connectivity index (χ0n) is 16.1. The zero-order chi connectivity index (χ0) is 18.9. The van der Waals surface area contributed by atoms with Crippen LogP contribution in [0, 0.1) is 5.92 Å². The van der Waals surface area contributed by atoms with E-state index in [0.717, 1.165) is 5.56 Å². The average Bonchev–Trinajstić information content (AvgIpc) is 2.51. The van der Waals surface area contributed by atoms with Crippen LogP contribution in [-0.4, -0.2) is 42.1 Å². The highest BCUT2D eigenvalue weighted by atomic mass is 16.6. The third kappa shape index (κ3) is 9.25. The van der Waals surface area contributed by atoms with Gasteiger partial charge in [-0.1, -0.05) is 37.3 Å². The van der Waals surface area contributed by atoms with E-state index in [0.29, 0.717) is 26.2 Å². The fourth-order valence-corrected chi connectivity index (χ4v) is 2.31. The molecule has 0 aliphatic heterocycles. The van der Waals surface area contributed by atoms with Crippen molar-refractivity contribution in [2.75, 3.05) is 19.7 Å². The minimum atomic E-state index is -0.563. The molecule has 0 bridgehead atoms. The van der Waals surface area contributed by atoms with E-state index in [1.807, 2.05) is 65.0 Å². The predicted octanol–water partition coefficient (Wildman–Crippen LogP) is 4.06. The lowest BCUT2D eigenvalue weighted by atomic mass is 10.1. The van der Waals surface area contributed by atoms with Gasteiger partial charge in [0.2, 0.25) is 0 Å². The van der Waals surface area contributed by atoms with Crippen LogP contribution in [0.25, 0.3) is 0 Å². The van der Waals surface area contributed by atoms with Gasteiger partial charge in [-0.05, 0) is 39.2 Å². The third-order valence-corrected chi connectivity index (χ3v) is 3.49. The molecule has 0 heterocycles. The fraction of sp³-hybridized carbons (Fsp3) is 0.600.